The summed E-state index contributed by atoms with van der Waals surface area (Å²) in [5, 5.41) is 9.09. The van der Waals surface area contributed by atoms with Gasteiger partial charge in [-0.2, -0.15) is 0 Å². The van der Waals surface area contributed by atoms with E-state index in [1.807, 2.05) is 0 Å². The van der Waals surface area contributed by atoms with Gasteiger partial charge in [-0.05, 0) is 61.3 Å². The smallest absolute Gasteiger partial charge is 0.265 e. The molecule has 1 aromatic rings. The lowest BCUT2D eigenvalue weighted by Gasteiger charge is -2.34. The molecule has 7 nitrogen and oxygen atoms in total. The number of sulfone groups is 1. The normalized spacial score (nSPS) is 18.1. The molecule has 8 heteroatoms. The molecule has 1 saturated heterocycles. The van der Waals surface area contributed by atoms with Crippen molar-refractivity contribution in [3.63, 3.8) is 0 Å². The lowest BCUT2D eigenvalue weighted by atomic mass is 9.84. The van der Waals surface area contributed by atoms with Crippen molar-refractivity contribution in [3.8, 4) is 5.75 Å². The van der Waals surface area contributed by atoms with Crippen molar-refractivity contribution in [2.45, 2.75) is 63.0 Å². The maximum Gasteiger partial charge on any atom is 0.265 e. The van der Waals surface area contributed by atoms with Crippen molar-refractivity contribution in [2.24, 2.45) is 11.3 Å². The Morgan fingerprint density at radius 3 is 2.34 bits per heavy atom. The van der Waals surface area contributed by atoms with E-state index in [0.717, 1.165) is 12.8 Å². The van der Waals surface area contributed by atoms with Gasteiger partial charge in [0.2, 0.25) is 0 Å². The molecule has 1 aliphatic heterocycles. The van der Waals surface area contributed by atoms with Crippen LogP contribution in [0.2, 0.25) is 0 Å². The van der Waals surface area contributed by atoms with Crippen molar-refractivity contribution in [3.05, 3.63) is 24.3 Å². The zero-order valence-corrected chi connectivity index (χ0v) is 18.5. The van der Waals surface area contributed by atoms with Gasteiger partial charge in [0.25, 0.3) is 5.91 Å². The predicted octanol–water partition coefficient (Wildman–Crippen LogP) is 3.36. The molecule has 0 saturated carbocycles. The van der Waals surface area contributed by atoms with Gasteiger partial charge in [0, 0.05) is 13.2 Å². The summed E-state index contributed by atoms with van der Waals surface area (Å²) in [6, 6.07) is 6.10. The number of nitrogens with one attached hydrogen (secondary N) is 1. The second kappa shape index (κ2) is 9.45. The number of hydroxylamine groups is 1. The van der Waals surface area contributed by atoms with Gasteiger partial charge in [-0.3, -0.25) is 10.0 Å². The summed E-state index contributed by atoms with van der Waals surface area (Å²) in [7, 11) is -4.01. The minimum Gasteiger partial charge on any atom is -0.494 e. The molecule has 164 valence electrons. The van der Waals surface area contributed by atoms with Gasteiger partial charge in [-0.15, -0.1) is 0 Å². The Morgan fingerprint density at radius 2 is 1.83 bits per heavy atom. The fraction of sp³-hybridized carbons (Fsp3) is 0.667. The molecule has 0 aliphatic carbocycles. The van der Waals surface area contributed by atoms with E-state index in [0.29, 0.717) is 18.3 Å². The van der Waals surface area contributed by atoms with Crippen molar-refractivity contribution in [2.75, 3.05) is 19.8 Å². The predicted molar refractivity (Wildman–Crippen MR) is 110 cm³/mol. The Bertz CT molecular complexity index is 776. The summed E-state index contributed by atoms with van der Waals surface area (Å²) in [6.45, 7) is 9.67. The number of benzene rings is 1. The first kappa shape index (κ1) is 23.6. The minimum absolute atomic E-state index is 0.00829. The highest BCUT2D eigenvalue weighted by Crippen LogP contribution is 2.36. The number of amides is 1. The zero-order valence-electron chi connectivity index (χ0n) is 17.7. The fourth-order valence-corrected chi connectivity index (χ4v) is 5.83. The average molecular weight is 428 g/mol. The van der Waals surface area contributed by atoms with Gasteiger partial charge in [0.05, 0.1) is 11.5 Å². The Hall–Kier alpha value is -1.64. The topological polar surface area (TPSA) is 102 Å². The third-order valence-corrected chi connectivity index (χ3v) is 7.82. The number of carbonyl (C=O) groups is 1. The number of ether oxygens (including phenoxy) is 2. The van der Waals surface area contributed by atoms with Crippen LogP contribution in [0.25, 0.3) is 0 Å². The van der Waals surface area contributed by atoms with E-state index in [2.05, 4.69) is 27.7 Å². The second-order valence-electron chi connectivity index (χ2n) is 9.03. The van der Waals surface area contributed by atoms with Crippen LogP contribution >= 0.6 is 0 Å². The van der Waals surface area contributed by atoms with Crippen molar-refractivity contribution in [1.29, 1.82) is 0 Å². The molecule has 0 radical (unpaired) electrons. The van der Waals surface area contributed by atoms with Gasteiger partial charge in [0.1, 0.15) is 5.75 Å². The van der Waals surface area contributed by atoms with Crippen LogP contribution in [0.5, 0.6) is 5.75 Å². The lowest BCUT2D eigenvalue weighted by Crippen LogP contribution is -2.54. The molecule has 1 atom stereocenters. The third-order valence-electron chi connectivity index (χ3n) is 5.30. The molecule has 1 fully saturated rings. The van der Waals surface area contributed by atoms with E-state index in [9.17, 15) is 13.2 Å². The number of hydrogen-bond acceptors (Lipinski definition) is 6. The lowest BCUT2D eigenvalue weighted by molar-refractivity contribution is -0.134. The minimum atomic E-state index is -4.01. The molecule has 2 rings (SSSR count). The van der Waals surface area contributed by atoms with E-state index in [-0.39, 0.29) is 36.4 Å². The maximum absolute atomic E-state index is 13.2. The first-order valence-electron chi connectivity index (χ1n) is 10.0. The molecule has 0 bridgehead atoms. The number of rotatable bonds is 8. The van der Waals surface area contributed by atoms with Crippen LogP contribution < -0.4 is 10.2 Å². The number of carbonyl (C=O) groups excluding carboxylic acids is 1. The van der Waals surface area contributed by atoms with Crippen LogP contribution in [0, 0.1) is 11.3 Å². The molecule has 1 heterocycles. The van der Waals surface area contributed by atoms with Gasteiger partial charge in [-0.25, -0.2) is 13.9 Å². The summed E-state index contributed by atoms with van der Waals surface area (Å²) in [4.78, 5) is 12.3. The molecule has 29 heavy (non-hydrogen) atoms. The standard InChI is InChI=1S/C21H33NO6S/c1-16(15-20(2,3)4)9-12-28-17-5-7-18(8-6-17)29(25,26)21(19(23)22-24)10-13-27-14-11-21/h5-8,16,24H,9-15H2,1-4H3,(H,22,23). The molecule has 2 N–H and O–H groups in total. The summed E-state index contributed by atoms with van der Waals surface area (Å²) in [5.41, 5.74) is 1.79. The largest absolute Gasteiger partial charge is 0.494 e. The highest BCUT2D eigenvalue weighted by atomic mass is 32.2. The monoisotopic (exact) mass is 427 g/mol. The summed E-state index contributed by atoms with van der Waals surface area (Å²) >= 11 is 0. The Balaban J connectivity index is 2.07. The fourth-order valence-electron chi connectivity index (χ4n) is 3.89. The molecule has 1 aliphatic rings. The third kappa shape index (κ3) is 5.71. The molecule has 1 aromatic carbocycles. The highest BCUT2D eigenvalue weighted by Gasteiger charge is 2.52. The van der Waals surface area contributed by atoms with Gasteiger partial charge < -0.3 is 9.47 Å². The SMILES string of the molecule is CC(CCOc1ccc(S(=O)(=O)C2(C(=O)NO)CCOCC2)cc1)CC(C)(C)C. The van der Waals surface area contributed by atoms with Crippen molar-refractivity contribution < 1.29 is 27.9 Å². The molecule has 0 aromatic heterocycles. The molecule has 1 unspecified atom stereocenters. The van der Waals surface area contributed by atoms with Gasteiger partial charge in [0.15, 0.2) is 14.6 Å². The molecule has 1 amide bonds. The van der Waals surface area contributed by atoms with Crippen LogP contribution in [-0.2, 0) is 19.4 Å². The van der Waals surface area contributed by atoms with E-state index >= 15 is 0 Å². The van der Waals surface area contributed by atoms with E-state index in [4.69, 9.17) is 14.7 Å². The number of hydrogen-bond donors (Lipinski definition) is 2. The van der Waals surface area contributed by atoms with E-state index < -0.39 is 20.5 Å². The Morgan fingerprint density at radius 1 is 1.24 bits per heavy atom. The Labute approximate surface area is 173 Å². The van der Waals surface area contributed by atoms with Gasteiger partial charge >= 0.3 is 0 Å². The highest BCUT2D eigenvalue weighted by molar-refractivity contribution is 7.93. The van der Waals surface area contributed by atoms with Crippen LogP contribution in [-0.4, -0.2) is 44.1 Å². The van der Waals surface area contributed by atoms with Crippen LogP contribution in [0.4, 0.5) is 0 Å². The summed E-state index contributed by atoms with van der Waals surface area (Å²) in [6.07, 6.45) is 2.00. The van der Waals surface area contributed by atoms with Crippen molar-refractivity contribution >= 4 is 15.7 Å². The summed E-state index contributed by atoms with van der Waals surface area (Å²) in [5.74, 6) is 0.188. The second-order valence-corrected chi connectivity index (χ2v) is 11.3. The molecular weight excluding hydrogens is 394 g/mol. The zero-order chi connectivity index (χ0) is 21.7. The Kier molecular flexibility index (Phi) is 7.70. The van der Waals surface area contributed by atoms with Crippen LogP contribution in [0.15, 0.2) is 29.2 Å². The van der Waals surface area contributed by atoms with E-state index in [1.165, 1.54) is 17.6 Å². The van der Waals surface area contributed by atoms with Crippen molar-refractivity contribution in [1.82, 2.24) is 5.48 Å². The first-order chi connectivity index (χ1) is 13.5. The van der Waals surface area contributed by atoms with E-state index in [1.54, 1.807) is 12.1 Å². The molecular formula is C21H33NO6S. The first-order valence-corrected chi connectivity index (χ1v) is 11.5. The quantitative estimate of drug-likeness (QED) is 0.487. The van der Waals surface area contributed by atoms with Crippen LogP contribution in [0.3, 0.4) is 0 Å². The van der Waals surface area contributed by atoms with Crippen LogP contribution in [0.1, 0.15) is 53.4 Å². The van der Waals surface area contributed by atoms with Gasteiger partial charge in [-0.1, -0.05) is 27.7 Å². The molecule has 0 spiro atoms. The summed E-state index contributed by atoms with van der Waals surface area (Å²) < 4.78 is 35.6. The average Bonchev–Trinajstić information content (AvgIpc) is 2.66. The maximum atomic E-state index is 13.2.